The largest absolute Gasteiger partial charge is 0.364 e. The summed E-state index contributed by atoms with van der Waals surface area (Å²) in [6.07, 6.45) is 2.11. The molecule has 0 aromatic heterocycles. The van der Waals surface area contributed by atoms with E-state index < -0.39 is 0 Å². The minimum absolute atomic E-state index is 0.470. The molecule has 0 fully saturated rings. The zero-order valence-electron chi connectivity index (χ0n) is 9.91. The SMILES string of the molecule is CC(C)N1c2c(Cl)cccc2CC1CCN. The van der Waals surface area contributed by atoms with Crippen LogP contribution in [0.2, 0.25) is 5.02 Å². The second kappa shape index (κ2) is 4.64. The third-order valence-electron chi connectivity index (χ3n) is 3.23. The van der Waals surface area contributed by atoms with Crippen molar-refractivity contribution < 1.29 is 0 Å². The number of nitrogens with two attached hydrogens (primary N) is 1. The summed E-state index contributed by atoms with van der Waals surface area (Å²) in [4.78, 5) is 2.42. The molecule has 88 valence electrons. The van der Waals surface area contributed by atoms with Gasteiger partial charge in [0, 0.05) is 12.1 Å². The van der Waals surface area contributed by atoms with E-state index in [0.29, 0.717) is 12.1 Å². The molecule has 3 heteroatoms. The van der Waals surface area contributed by atoms with Gasteiger partial charge >= 0.3 is 0 Å². The molecular weight excluding hydrogens is 220 g/mol. The normalized spacial score (nSPS) is 19.3. The van der Waals surface area contributed by atoms with Gasteiger partial charge in [0.25, 0.3) is 0 Å². The molecule has 0 aliphatic carbocycles. The van der Waals surface area contributed by atoms with Crippen molar-refractivity contribution in [3.8, 4) is 0 Å². The van der Waals surface area contributed by atoms with Crippen molar-refractivity contribution in [2.75, 3.05) is 11.4 Å². The van der Waals surface area contributed by atoms with Crippen LogP contribution >= 0.6 is 11.6 Å². The first-order valence-electron chi connectivity index (χ1n) is 5.91. The molecule has 1 atom stereocenters. The molecule has 0 radical (unpaired) electrons. The van der Waals surface area contributed by atoms with Gasteiger partial charge in [-0.15, -0.1) is 0 Å². The molecule has 0 spiro atoms. The first kappa shape index (κ1) is 11.7. The van der Waals surface area contributed by atoms with Gasteiger partial charge in [-0.05, 0) is 44.9 Å². The van der Waals surface area contributed by atoms with Crippen LogP contribution in [-0.4, -0.2) is 18.6 Å². The van der Waals surface area contributed by atoms with Gasteiger partial charge in [-0.2, -0.15) is 0 Å². The Morgan fingerprint density at radius 2 is 2.25 bits per heavy atom. The Morgan fingerprint density at radius 1 is 1.50 bits per heavy atom. The zero-order chi connectivity index (χ0) is 11.7. The summed E-state index contributed by atoms with van der Waals surface area (Å²) in [6.45, 7) is 5.16. The molecule has 1 heterocycles. The number of benzene rings is 1. The Hall–Kier alpha value is -0.730. The zero-order valence-corrected chi connectivity index (χ0v) is 10.7. The van der Waals surface area contributed by atoms with E-state index >= 15 is 0 Å². The van der Waals surface area contributed by atoms with Gasteiger partial charge in [-0.25, -0.2) is 0 Å². The molecule has 1 aromatic rings. The summed E-state index contributed by atoms with van der Waals surface area (Å²) >= 11 is 6.30. The average Bonchev–Trinajstić information content (AvgIpc) is 2.58. The molecule has 0 saturated carbocycles. The van der Waals surface area contributed by atoms with Crippen molar-refractivity contribution in [2.45, 2.75) is 38.8 Å². The maximum absolute atomic E-state index is 6.30. The monoisotopic (exact) mass is 238 g/mol. The van der Waals surface area contributed by atoms with E-state index in [1.54, 1.807) is 0 Å². The highest BCUT2D eigenvalue weighted by atomic mass is 35.5. The Labute approximate surface area is 102 Å². The Balaban J connectivity index is 2.38. The molecule has 1 unspecified atom stereocenters. The molecule has 1 aliphatic rings. The second-order valence-electron chi connectivity index (χ2n) is 4.68. The lowest BCUT2D eigenvalue weighted by Crippen LogP contribution is -2.39. The second-order valence-corrected chi connectivity index (χ2v) is 5.09. The topological polar surface area (TPSA) is 29.3 Å². The number of anilines is 1. The van der Waals surface area contributed by atoms with Crippen LogP contribution in [-0.2, 0) is 6.42 Å². The highest BCUT2D eigenvalue weighted by molar-refractivity contribution is 6.33. The average molecular weight is 239 g/mol. The number of halogens is 1. The maximum atomic E-state index is 6.30. The van der Waals surface area contributed by atoms with Gasteiger partial charge in [-0.1, -0.05) is 23.7 Å². The minimum Gasteiger partial charge on any atom is -0.364 e. The lowest BCUT2D eigenvalue weighted by atomic mass is 10.1. The fraction of sp³-hybridized carbons (Fsp3) is 0.538. The van der Waals surface area contributed by atoms with E-state index in [4.69, 9.17) is 17.3 Å². The van der Waals surface area contributed by atoms with E-state index in [2.05, 4.69) is 24.8 Å². The highest BCUT2D eigenvalue weighted by Crippen LogP contribution is 2.40. The van der Waals surface area contributed by atoms with E-state index in [1.807, 2.05) is 12.1 Å². The molecule has 0 amide bonds. The van der Waals surface area contributed by atoms with E-state index in [-0.39, 0.29) is 0 Å². The van der Waals surface area contributed by atoms with Crippen molar-refractivity contribution in [1.82, 2.24) is 0 Å². The molecule has 1 aliphatic heterocycles. The van der Waals surface area contributed by atoms with Crippen LogP contribution in [0.1, 0.15) is 25.8 Å². The lowest BCUT2D eigenvalue weighted by Gasteiger charge is -2.32. The quantitative estimate of drug-likeness (QED) is 0.878. The first-order valence-corrected chi connectivity index (χ1v) is 6.28. The predicted octanol–water partition coefficient (Wildman–Crippen LogP) is 2.83. The van der Waals surface area contributed by atoms with Gasteiger partial charge in [0.2, 0.25) is 0 Å². The van der Waals surface area contributed by atoms with Crippen molar-refractivity contribution in [2.24, 2.45) is 5.73 Å². The van der Waals surface area contributed by atoms with Crippen LogP contribution in [0.25, 0.3) is 0 Å². The minimum atomic E-state index is 0.470. The Morgan fingerprint density at radius 3 is 2.88 bits per heavy atom. The molecule has 2 rings (SSSR count). The third kappa shape index (κ3) is 1.92. The number of nitrogens with zero attached hydrogens (tertiary/aromatic N) is 1. The Kier molecular flexibility index (Phi) is 3.41. The van der Waals surface area contributed by atoms with Crippen LogP contribution in [0, 0.1) is 0 Å². The van der Waals surface area contributed by atoms with Crippen LogP contribution in [0.15, 0.2) is 18.2 Å². The summed E-state index contributed by atoms with van der Waals surface area (Å²) < 4.78 is 0. The van der Waals surface area contributed by atoms with Crippen LogP contribution in [0.4, 0.5) is 5.69 Å². The molecule has 2 N–H and O–H groups in total. The molecule has 0 bridgehead atoms. The summed E-state index contributed by atoms with van der Waals surface area (Å²) in [7, 11) is 0. The number of rotatable bonds is 3. The van der Waals surface area contributed by atoms with Gasteiger partial charge in [0.05, 0.1) is 10.7 Å². The van der Waals surface area contributed by atoms with Gasteiger partial charge in [0.1, 0.15) is 0 Å². The fourth-order valence-electron chi connectivity index (χ4n) is 2.66. The fourth-order valence-corrected chi connectivity index (χ4v) is 2.95. The van der Waals surface area contributed by atoms with Gasteiger partial charge < -0.3 is 10.6 Å². The molecule has 2 nitrogen and oxygen atoms in total. The van der Waals surface area contributed by atoms with Gasteiger partial charge in [0.15, 0.2) is 0 Å². The summed E-state index contributed by atoms with van der Waals surface area (Å²) in [5.41, 5.74) is 8.26. The van der Waals surface area contributed by atoms with Crippen LogP contribution in [0.5, 0.6) is 0 Å². The molecular formula is C13H19ClN2. The predicted molar refractivity (Wildman–Crippen MR) is 70.2 cm³/mol. The van der Waals surface area contributed by atoms with Crippen molar-refractivity contribution >= 4 is 17.3 Å². The summed E-state index contributed by atoms with van der Waals surface area (Å²) in [5.74, 6) is 0. The van der Waals surface area contributed by atoms with Gasteiger partial charge in [-0.3, -0.25) is 0 Å². The number of hydrogen-bond donors (Lipinski definition) is 1. The Bertz CT molecular complexity index is 376. The van der Waals surface area contributed by atoms with E-state index in [9.17, 15) is 0 Å². The van der Waals surface area contributed by atoms with E-state index in [1.165, 1.54) is 11.3 Å². The highest BCUT2D eigenvalue weighted by Gasteiger charge is 2.31. The van der Waals surface area contributed by atoms with Crippen molar-refractivity contribution in [3.63, 3.8) is 0 Å². The maximum Gasteiger partial charge on any atom is 0.0642 e. The van der Waals surface area contributed by atoms with Crippen LogP contribution in [0.3, 0.4) is 0 Å². The summed E-state index contributed by atoms with van der Waals surface area (Å²) in [5, 5.41) is 0.866. The van der Waals surface area contributed by atoms with Crippen molar-refractivity contribution in [1.29, 1.82) is 0 Å². The first-order chi connectivity index (χ1) is 7.65. The molecule has 16 heavy (non-hydrogen) atoms. The number of fused-ring (bicyclic) bond motifs is 1. The molecule has 1 aromatic carbocycles. The number of hydrogen-bond acceptors (Lipinski definition) is 2. The smallest absolute Gasteiger partial charge is 0.0642 e. The van der Waals surface area contributed by atoms with E-state index in [0.717, 1.165) is 24.4 Å². The molecule has 0 saturated heterocycles. The van der Waals surface area contributed by atoms with Crippen molar-refractivity contribution in [3.05, 3.63) is 28.8 Å². The number of para-hydroxylation sites is 1. The summed E-state index contributed by atoms with van der Waals surface area (Å²) in [6, 6.07) is 7.16. The lowest BCUT2D eigenvalue weighted by molar-refractivity contribution is 0.542. The van der Waals surface area contributed by atoms with Crippen LogP contribution < -0.4 is 10.6 Å². The third-order valence-corrected chi connectivity index (χ3v) is 3.54. The standard InChI is InChI=1S/C13H19ClN2/c1-9(2)16-11(6-7-15)8-10-4-3-5-12(14)13(10)16/h3-5,9,11H,6-8,15H2,1-2H3.